The molecule has 0 saturated carbocycles. The van der Waals surface area contributed by atoms with Gasteiger partial charge in [0.2, 0.25) is 11.8 Å². The molecule has 0 aromatic heterocycles. The molecule has 0 saturated heterocycles. The average molecular weight is 480 g/mol. The highest BCUT2D eigenvalue weighted by molar-refractivity contribution is 5.96. The minimum atomic E-state index is -4.62. The Bertz CT molecular complexity index is 1140. The zero-order chi connectivity index (χ0) is 25.3. The number of anilines is 2. The second kappa shape index (κ2) is 9.20. The van der Waals surface area contributed by atoms with Crippen molar-refractivity contribution in [3.05, 3.63) is 71.8 Å². The van der Waals surface area contributed by atoms with Crippen molar-refractivity contribution >= 4 is 23.2 Å². The Labute approximate surface area is 190 Å². The van der Waals surface area contributed by atoms with Crippen molar-refractivity contribution in [3.8, 4) is 22.3 Å². The first-order chi connectivity index (χ1) is 15.8. The molecule has 0 radical (unpaired) electrons. The molecule has 0 heterocycles. The predicted molar refractivity (Wildman–Crippen MR) is 116 cm³/mol. The van der Waals surface area contributed by atoms with Crippen molar-refractivity contribution < 1.29 is 35.9 Å². The molecule has 10 heteroatoms. The molecular weight excluding hydrogens is 462 g/mol. The molecule has 2 N–H and O–H groups in total. The van der Waals surface area contributed by atoms with Gasteiger partial charge in [0.25, 0.3) is 0 Å². The van der Waals surface area contributed by atoms with E-state index in [0.29, 0.717) is 11.1 Å². The summed E-state index contributed by atoms with van der Waals surface area (Å²) in [5.74, 6) is -0.969. The van der Waals surface area contributed by atoms with Crippen LogP contribution in [0.1, 0.15) is 25.0 Å². The average Bonchev–Trinajstić information content (AvgIpc) is 2.72. The molecule has 0 aliphatic carbocycles. The summed E-state index contributed by atoms with van der Waals surface area (Å²) in [5.41, 5.74) is -0.792. The molecule has 3 aromatic carbocycles. The van der Waals surface area contributed by atoms with Gasteiger partial charge in [0.1, 0.15) is 0 Å². The van der Waals surface area contributed by atoms with Crippen LogP contribution in [0.4, 0.5) is 37.7 Å². The highest BCUT2D eigenvalue weighted by Gasteiger charge is 2.32. The molecule has 0 atom stereocenters. The summed E-state index contributed by atoms with van der Waals surface area (Å²) < 4.78 is 79.4. The molecule has 178 valence electrons. The number of carbonyl (C=O) groups excluding carboxylic acids is 2. The van der Waals surface area contributed by atoms with Crippen LogP contribution >= 0.6 is 0 Å². The molecule has 0 aliphatic rings. The second-order valence-corrected chi connectivity index (χ2v) is 7.46. The van der Waals surface area contributed by atoms with Crippen molar-refractivity contribution in [1.29, 1.82) is 0 Å². The maximum absolute atomic E-state index is 13.2. The smallest absolute Gasteiger partial charge is 0.326 e. The van der Waals surface area contributed by atoms with Crippen molar-refractivity contribution in [2.45, 2.75) is 26.2 Å². The van der Waals surface area contributed by atoms with E-state index in [-0.39, 0.29) is 22.5 Å². The van der Waals surface area contributed by atoms with Gasteiger partial charge in [0, 0.05) is 36.3 Å². The van der Waals surface area contributed by atoms with Gasteiger partial charge >= 0.3 is 12.4 Å². The van der Waals surface area contributed by atoms with Crippen LogP contribution in [0, 0.1) is 0 Å². The Morgan fingerprint density at radius 1 is 0.588 bits per heavy atom. The molecule has 4 nitrogen and oxygen atoms in total. The summed E-state index contributed by atoms with van der Waals surface area (Å²) in [6.07, 6.45) is -9.23. The summed E-state index contributed by atoms with van der Waals surface area (Å²) in [6.45, 7) is 2.42. The Morgan fingerprint density at radius 3 is 1.18 bits per heavy atom. The first kappa shape index (κ1) is 24.8. The monoisotopic (exact) mass is 480 g/mol. The maximum atomic E-state index is 13.2. The lowest BCUT2D eigenvalue weighted by Gasteiger charge is -2.16. The zero-order valence-electron chi connectivity index (χ0n) is 17.9. The molecule has 34 heavy (non-hydrogen) atoms. The number of alkyl halides is 6. The van der Waals surface area contributed by atoms with E-state index < -0.39 is 35.3 Å². The van der Waals surface area contributed by atoms with Gasteiger partial charge in [-0.3, -0.25) is 9.59 Å². The standard InChI is InChI=1S/C24H18F6N2O2/c1-13(33)31-21-9-7-17(23(25,26)27)11-19(21)15-3-5-16(6-4-15)20-12-18(24(28,29)30)8-10-22(20)32-14(2)34/h3-12H,1-2H3,(H,31,33)(H,32,34). The first-order valence-electron chi connectivity index (χ1n) is 9.84. The topological polar surface area (TPSA) is 58.2 Å². The largest absolute Gasteiger partial charge is 0.416 e. The van der Waals surface area contributed by atoms with E-state index in [1.165, 1.54) is 38.1 Å². The molecule has 0 unspecified atom stereocenters. The first-order valence-corrected chi connectivity index (χ1v) is 9.84. The van der Waals surface area contributed by atoms with Gasteiger partial charge in [0.05, 0.1) is 11.1 Å². The van der Waals surface area contributed by atoms with Crippen molar-refractivity contribution in [2.24, 2.45) is 0 Å². The minimum Gasteiger partial charge on any atom is -0.326 e. The van der Waals surface area contributed by atoms with E-state index in [9.17, 15) is 35.9 Å². The van der Waals surface area contributed by atoms with Crippen LogP contribution in [0.5, 0.6) is 0 Å². The van der Waals surface area contributed by atoms with Crippen LogP contribution < -0.4 is 10.6 Å². The lowest BCUT2D eigenvalue weighted by molar-refractivity contribution is -0.138. The highest BCUT2D eigenvalue weighted by atomic mass is 19.4. The Balaban J connectivity index is 2.11. The van der Waals surface area contributed by atoms with E-state index in [4.69, 9.17) is 0 Å². The van der Waals surface area contributed by atoms with Crippen LogP contribution in [-0.2, 0) is 21.9 Å². The number of rotatable bonds is 4. The Kier molecular flexibility index (Phi) is 6.72. The van der Waals surface area contributed by atoms with Gasteiger partial charge < -0.3 is 10.6 Å². The minimum absolute atomic E-state index is 0.0858. The lowest BCUT2D eigenvalue weighted by atomic mass is 9.96. The number of halogens is 6. The normalized spacial score (nSPS) is 11.8. The van der Waals surface area contributed by atoms with E-state index in [1.54, 1.807) is 0 Å². The number of nitrogens with one attached hydrogen (secondary N) is 2. The third-order valence-electron chi connectivity index (χ3n) is 4.82. The van der Waals surface area contributed by atoms with Crippen LogP contribution in [0.25, 0.3) is 22.3 Å². The van der Waals surface area contributed by atoms with Gasteiger partial charge in [-0.15, -0.1) is 0 Å². The summed E-state index contributed by atoms with van der Waals surface area (Å²) in [4.78, 5) is 23.0. The number of carbonyl (C=O) groups is 2. The Morgan fingerprint density at radius 2 is 0.912 bits per heavy atom. The van der Waals surface area contributed by atoms with E-state index in [0.717, 1.165) is 36.4 Å². The van der Waals surface area contributed by atoms with Gasteiger partial charge in [0.15, 0.2) is 0 Å². The number of hydrogen-bond donors (Lipinski definition) is 2. The van der Waals surface area contributed by atoms with Gasteiger partial charge in [-0.2, -0.15) is 26.3 Å². The summed E-state index contributed by atoms with van der Waals surface area (Å²) in [6, 6.07) is 11.4. The molecule has 3 rings (SSSR count). The molecule has 0 bridgehead atoms. The maximum Gasteiger partial charge on any atom is 0.416 e. The van der Waals surface area contributed by atoms with Crippen molar-refractivity contribution in [1.82, 2.24) is 0 Å². The third-order valence-corrected chi connectivity index (χ3v) is 4.82. The molecule has 0 fully saturated rings. The molecule has 2 amide bonds. The van der Waals surface area contributed by atoms with E-state index in [1.807, 2.05) is 0 Å². The fourth-order valence-electron chi connectivity index (χ4n) is 3.35. The number of amides is 2. The van der Waals surface area contributed by atoms with Crippen molar-refractivity contribution in [2.75, 3.05) is 10.6 Å². The zero-order valence-corrected chi connectivity index (χ0v) is 17.9. The van der Waals surface area contributed by atoms with E-state index >= 15 is 0 Å². The third kappa shape index (κ3) is 5.75. The SMILES string of the molecule is CC(=O)Nc1ccc(C(F)(F)F)cc1-c1ccc(-c2cc(C(F)(F)F)ccc2NC(C)=O)cc1. The molecule has 3 aromatic rings. The van der Waals surface area contributed by atoms with Gasteiger partial charge in [-0.1, -0.05) is 24.3 Å². The van der Waals surface area contributed by atoms with Crippen LogP contribution in [0.15, 0.2) is 60.7 Å². The van der Waals surface area contributed by atoms with Crippen LogP contribution in [-0.4, -0.2) is 11.8 Å². The number of hydrogen-bond acceptors (Lipinski definition) is 2. The quantitative estimate of drug-likeness (QED) is 0.396. The summed E-state index contributed by atoms with van der Waals surface area (Å²) in [5, 5.41) is 4.95. The Hall–Kier alpha value is -3.82. The number of benzene rings is 3. The second-order valence-electron chi connectivity index (χ2n) is 7.46. The molecular formula is C24H18F6N2O2. The lowest BCUT2D eigenvalue weighted by Crippen LogP contribution is -2.10. The summed E-state index contributed by atoms with van der Waals surface area (Å²) in [7, 11) is 0. The van der Waals surface area contributed by atoms with Crippen LogP contribution in [0.3, 0.4) is 0 Å². The predicted octanol–water partition coefficient (Wildman–Crippen LogP) is 6.98. The fourth-order valence-corrected chi connectivity index (χ4v) is 3.35. The summed E-state index contributed by atoms with van der Waals surface area (Å²) >= 11 is 0. The van der Waals surface area contributed by atoms with E-state index in [2.05, 4.69) is 10.6 Å². The van der Waals surface area contributed by atoms with Gasteiger partial charge in [-0.05, 0) is 47.5 Å². The highest BCUT2D eigenvalue weighted by Crippen LogP contribution is 2.39. The van der Waals surface area contributed by atoms with Crippen LogP contribution in [0.2, 0.25) is 0 Å². The molecule has 0 aliphatic heterocycles. The van der Waals surface area contributed by atoms with Crippen molar-refractivity contribution in [3.63, 3.8) is 0 Å². The molecule has 0 spiro atoms. The van der Waals surface area contributed by atoms with Gasteiger partial charge in [-0.25, -0.2) is 0 Å². The fraction of sp³-hybridized carbons (Fsp3) is 0.167.